The molecular weight excluding hydrogens is 334 g/mol. The summed E-state index contributed by atoms with van der Waals surface area (Å²) >= 11 is 0. The highest BCUT2D eigenvalue weighted by molar-refractivity contribution is 5.70. The van der Waals surface area contributed by atoms with E-state index in [4.69, 9.17) is 14.2 Å². The van der Waals surface area contributed by atoms with Gasteiger partial charge in [-0.05, 0) is 50.8 Å². The second-order valence-electron chi connectivity index (χ2n) is 5.93. The third-order valence-electron chi connectivity index (χ3n) is 3.70. The Bertz CT molecular complexity index is 717. The van der Waals surface area contributed by atoms with Gasteiger partial charge < -0.3 is 24.4 Å². The lowest BCUT2D eigenvalue weighted by molar-refractivity contribution is 0.198. The minimum absolute atomic E-state index is 0.249. The number of ether oxygens (including phenoxy) is 3. The van der Waals surface area contributed by atoms with Crippen LogP contribution in [0, 0.1) is 0 Å². The van der Waals surface area contributed by atoms with Gasteiger partial charge >= 0.3 is 6.09 Å². The average Bonchev–Trinajstić information content (AvgIpc) is 2.65. The van der Waals surface area contributed by atoms with Crippen molar-refractivity contribution in [1.29, 1.82) is 0 Å². The predicted molar refractivity (Wildman–Crippen MR) is 100.0 cm³/mol. The number of pyridine rings is 1. The van der Waals surface area contributed by atoms with Crippen LogP contribution in [0.4, 0.5) is 4.79 Å². The molecule has 0 bridgehead atoms. The molecule has 7 heteroatoms. The zero-order chi connectivity index (χ0) is 18.9. The van der Waals surface area contributed by atoms with Crippen LogP contribution in [-0.2, 0) is 0 Å². The summed E-state index contributed by atoms with van der Waals surface area (Å²) < 4.78 is 15.7. The maximum atomic E-state index is 11.7. The molecule has 1 aromatic heterocycles. The van der Waals surface area contributed by atoms with Crippen LogP contribution in [-0.4, -0.2) is 57.4 Å². The third-order valence-corrected chi connectivity index (χ3v) is 3.70. The van der Waals surface area contributed by atoms with Crippen LogP contribution in [0.5, 0.6) is 17.4 Å². The Hall–Kier alpha value is -2.80. The van der Waals surface area contributed by atoms with E-state index in [1.807, 2.05) is 38.4 Å². The predicted octanol–water partition coefficient (Wildman–Crippen LogP) is 2.81. The number of amides is 1. The number of rotatable bonds is 8. The summed E-state index contributed by atoms with van der Waals surface area (Å²) in [4.78, 5) is 18.0. The van der Waals surface area contributed by atoms with Gasteiger partial charge in [-0.15, -0.1) is 0 Å². The smallest absolute Gasteiger partial charge is 0.413 e. The topological polar surface area (TPSA) is 72.9 Å². The summed E-state index contributed by atoms with van der Waals surface area (Å²) in [5.41, 5.74) is 1.81. The number of nitrogens with one attached hydrogen (secondary N) is 1. The van der Waals surface area contributed by atoms with Gasteiger partial charge in [-0.3, -0.25) is 0 Å². The van der Waals surface area contributed by atoms with Gasteiger partial charge in [0.05, 0.1) is 14.2 Å². The zero-order valence-corrected chi connectivity index (χ0v) is 15.6. The Kier molecular flexibility index (Phi) is 7.23. The molecule has 0 saturated carbocycles. The molecule has 26 heavy (non-hydrogen) atoms. The second kappa shape index (κ2) is 9.62. The number of benzene rings is 1. The third kappa shape index (κ3) is 5.63. The Morgan fingerprint density at radius 2 is 1.81 bits per heavy atom. The van der Waals surface area contributed by atoms with Crippen molar-refractivity contribution in [3.63, 3.8) is 0 Å². The average molecular weight is 359 g/mol. The molecule has 0 atom stereocenters. The van der Waals surface area contributed by atoms with Gasteiger partial charge in [0.1, 0.15) is 0 Å². The van der Waals surface area contributed by atoms with Crippen LogP contribution in [0.2, 0.25) is 0 Å². The molecule has 1 amide bonds. The standard InChI is InChI=1S/C19H25N3O4/c1-22(2)11-5-10-20-19(23)26-18-9-7-15(13-21-18)14-6-8-16(24-3)17(12-14)25-4/h6-9,12-13H,5,10-11H2,1-4H3,(H,20,23). The highest BCUT2D eigenvalue weighted by Gasteiger charge is 2.08. The fourth-order valence-electron chi connectivity index (χ4n) is 2.34. The maximum absolute atomic E-state index is 11.7. The van der Waals surface area contributed by atoms with Gasteiger partial charge in [-0.2, -0.15) is 0 Å². The fraction of sp³-hybridized carbons (Fsp3) is 0.368. The van der Waals surface area contributed by atoms with Crippen LogP contribution in [0.25, 0.3) is 11.1 Å². The molecule has 2 rings (SSSR count). The number of methoxy groups -OCH3 is 2. The first-order chi connectivity index (χ1) is 12.5. The molecule has 1 aromatic carbocycles. The number of carbonyl (C=O) groups is 1. The Balaban J connectivity index is 1.94. The van der Waals surface area contributed by atoms with E-state index in [2.05, 4.69) is 15.2 Å². The van der Waals surface area contributed by atoms with Crippen molar-refractivity contribution in [3.8, 4) is 28.5 Å². The molecule has 1 N–H and O–H groups in total. The first kappa shape index (κ1) is 19.5. The number of carbonyl (C=O) groups excluding carboxylic acids is 1. The highest BCUT2D eigenvalue weighted by atomic mass is 16.6. The largest absolute Gasteiger partial charge is 0.493 e. The van der Waals surface area contributed by atoms with E-state index in [1.165, 1.54) is 0 Å². The molecule has 0 aliphatic rings. The molecule has 0 unspecified atom stereocenters. The molecule has 140 valence electrons. The van der Waals surface area contributed by atoms with Crippen molar-refractivity contribution in [2.45, 2.75) is 6.42 Å². The molecule has 0 fully saturated rings. The highest BCUT2D eigenvalue weighted by Crippen LogP contribution is 2.32. The minimum Gasteiger partial charge on any atom is -0.493 e. The van der Waals surface area contributed by atoms with Crippen molar-refractivity contribution in [3.05, 3.63) is 36.5 Å². The number of aromatic nitrogens is 1. The Labute approximate surface area is 153 Å². The molecule has 0 aliphatic carbocycles. The number of hydrogen-bond donors (Lipinski definition) is 1. The van der Waals surface area contributed by atoms with E-state index in [9.17, 15) is 4.79 Å². The number of hydrogen-bond acceptors (Lipinski definition) is 6. The quantitative estimate of drug-likeness (QED) is 0.731. The lowest BCUT2D eigenvalue weighted by Crippen LogP contribution is -2.29. The summed E-state index contributed by atoms with van der Waals surface area (Å²) in [6, 6.07) is 9.11. The monoisotopic (exact) mass is 359 g/mol. The Morgan fingerprint density at radius 3 is 2.42 bits per heavy atom. The molecule has 0 saturated heterocycles. The van der Waals surface area contributed by atoms with E-state index >= 15 is 0 Å². The molecule has 7 nitrogen and oxygen atoms in total. The molecule has 0 radical (unpaired) electrons. The van der Waals surface area contributed by atoms with Crippen molar-refractivity contribution >= 4 is 6.09 Å². The molecule has 1 heterocycles. The normalized spacial score (nSPS) is 10.5. The van der Waals surface area contributed by atoms with Gasteiger partial charge in [0.2, 0.25) is 5.88 Å². The Morgan fingerprint density at radius 1 is 1.08 bits per heavy atom. The van der Waals surface area contributed by atoms with Gasteiger partial charge in [0.15, 0.2) is 11.5 Å². The summed E-state index contributed by atoms with van der Waals surface area (Å²) in [7, 11) is 7.16. The van der Waals surface area contributed by atoms with Crippen LogP contribution in [0.1, 0.15) is 6.42 Å². The van der Waals surface area contributed by atoms with E-state index in [-0.39, 0.29) is 5.88 Å². The minimum atomic E-state index is -0.505. The van der Waals surface area contributed by atoms with E-state index in [0.29, 0.717) is 18.0 Å². The van der Waals surface area contributed by atoms with Gasteiger partial charge in [-0.1, -0.05) is 6.07 Å². The lowest BCUT2D eigenvalue weighted by Gasteiger charge is -2.11. The van der Waals surface area contributed by atoms with Crippen molar-refractivity contribution in [1.82, 2.24) is 15.2 Å². The first-order valence-corrected chi connectivity index (χ1v) is 8.32. The van der Waals surface area contributed by atoms with E-state index < -0.39 is 6.09 Å². The van der Waals surface area contributed by atoms with Gasteiger partial charge in [0, 0.05) is 24.4 Å². The van der Waals surface area contributed by atoms with Gasteiger partial charge in [0.25, 0.3) is 0 Å². The van der Waals surface area contributed by atoms with Crippen molar-refractivity contribution < 1.29 is 19.0 Å². The summed E-state index contributed by atoms with van der Waals surface area (Å²) in [5, 5.41) is 2.70. The number of nitrogens with zero attached hydrogens (tertiary/aromatic N) is 2. The van der Waals surface area contributed by atoms with Gasteiger partial charge in [-0.25, -0.2) is 9.78 Å². The van der Waals surface area contributed by atoms with Crippen LogP contribution < -0.4 is 19.5 Å². The van der Waals surface area contributed by atoms with Crippen LogP contribution in [0.15, 0.2) is 36.5 Å². The van der Waals surface area contributed by atoms with E-state index in [0.717, 1.165) is 24.1 Å². The SMILES string of the molecule is COc1ccc(-c2ccc(OC(=O)NCCCN(C)C)nc2)cc1OC. The summed E-state index contributed by atoms with van der Waals surface area (Å²) in [6.45, 7) is 1.46. The maximum Gasteiger partial charge on any atom is 0.413 e. The second-order valence-corrected chi connectivity index (χ2v) is 5.93. The van der Waals surface area contributed by atoms with Crippen molar-refractivity contribution in [2.24, 2.45) is 0 Å². The van der Waals surface area contributed by atoms with Crippen LogP contribution >= 0.6 is 0 Å². The molecular formula is C19H25N3O4. The molecule has 2 aromatic rings. The first-order valence-electron chi connectivity index (χ1n) is 8.32. The summed E-state index contributed by atoms with van der Waals surface area (Å²) in [5.74, 6) is 1.55. The lowest BCUT2D eigenvalue weighted by atomic mass is 10.1. The molecule has 0 aliphatic heterocycles. The summed E-state index contributed by atoms with van der Waals surface area (Å²) in [6.07, 6.45) is 2.00. The van der Waals surface area contributed by atoms with E-state index in [1.54, 1.807) is 26.5 Å². The van der Waals surface area contributed by atoms with Crippen LogP contribution in [0.3, 0.4) is 0 Å². The van der Waals surface area contributed by atoms with Crippen molar-refractivity contribution in [2.75, 3.05) is 41.4 Å². The fourth-order valence-corrected chi connectivity index (χ4v) is 2.34. The molecule has 0 spiro atoms. The zero-order valence-electron chi connectivity index (χ0n) is 15.6.